The average Bonchev–Trinajstić information content (AvgIpc) is 2.97. The summed E-state index contributed by atoms with van der Waals surface area (Å²) in [6.45, 7) is 0.459. The lowest BCUT2D eigenvalue weighted by Crippen LogP contribution is -2.00. The molecule has 0 fully saturated rings. The summed E-state index contributed by atoms with van der Waals surface area (Å²) in [6.07, 6.45) is 0. The number of aromatic nitrogens is 1. The van der Waals surface area contributed by atoms with Crippen molar-refractivity contribution in [1.82, 2.24) is 4.98 Å². The van der Waals surface area contributed by atoms with Gasteiger partial charge in [0.2, 0.25) is 0 Å². The van der Waals surface area contributed by atoms with Crippen molar-refractivity contribution in [2.75, 3.05) is 7.11 Å². The molecule has 4 aromatic carbocycles. The summed E-state index contributed by atoms with van der Waals surface area (Å²) in [5, 5.41) is 0. The van der Waals surface area contributed by atoms with E-state index in [9.17, 15) is 4.79 Å². The highest BCUT2D eigenvalue weighted by Crippen LogP contribution is 2.31. The highest BCUT2D eigenvalue weighted by Gasteiger charge is 2.11. The van der Waals surface area contributed by atoms with Gasteiger partial charge in [0.1, 0.15) is 12.4 Å². The summed E-state index contributed by atoms with van der Waals surface area (Å²) >= 11 is 0. The molecule has 0 unspecified atom stereocenters. The summed E-state index contributed by atoms with van der Waals surface area (Å²) in [7, 11) is 1.38. The molecule has 0 saturated carbocycles. The van der Waals surface area contributed by atoms with Crippen molar-refractivity contribution in [3.05, 3.63) is 132 Å². The summed E-state index contributed by atoms with van der Waals surface area (Å²) in [4.78, 5) is 16.6. The van der Waals surface area contributed by atoms with E-state index in [0.29, 0.717) is 12.2 Å². The molecule has 0 amide bonds. The fourth-order valence-corrected chi connectivity index (χ4v) is 4.03. The minimum Gasteiger partial charge on any atom is -0.488 e. The number of hydrogen-bond donors (Lipinski definition) is 0. The minimum absolute atomic E-state index is 0.357. The molecule has 0 N–H and O–H groups in total. The lowest BCUT2D eigenvalue weighted by atomic mass is 10.0. The zero-order chi connectivity index (χ0) is 24.7. The van der Waals surface area contributed by atoms with Gasteiger partial charge < -0.3 is 9.47 Å². The van der Waals surface area contributed by atoms with Gasteiger partial charge in [-0.25, -0.2) is 9.78 Å². The van der Waals surface area contributed by atoms with Crippen LogP contribution in [-0.2, 0) is 11.3 Å². The lowest BCUT2D eigenvalue weighted by molar-refractivity contribution is 0.0600. The van der Waals surface area contributed by atoms with Crippen molar-refractivity contribution >= 4 is 5.97 Å². The van der Waals surface area contributed by atoms with Crippen LogP contribution < -0.4 is 4.74 Å². The van der Waals surface area contributed by atoms with Crippen LogP contribution in [0.15, 0.2) is 121 Å². The third kappa shape index (κ3) is 5.18. The molecule has 0 atom stereocenters. The SMILES string of the molecule is COC(=O)c1ccc(-c2cccc(-c3ccccc3OCc3ccc(-c4ccccc4)cc3)n2)cc1. The van der Waals surface area contributed by atoms with E-state index < -0.39 is 0 Å². The highest BCUT2D eigenvalue weighted by molar-refractivity contribution is 5.89. The Kier molecular flexibility index (Phi) is 6.86. The maximum absolute atomic E-state index is 11.7. The zero-order valence-corrected chi connectivity index (χ0v) is 19.9. The predicted octanol–water partition coefficient (Wildman–Crippen LogP) is 7.45. The van der Waals surface area contributed by atoms with Crippen molar-refractivity contribution in [1.29, 1.82) is 0 Å². The van der Waals surface area contributed by atoms with Gasteiger partial charge in [-0.05, 0) is 53.1 Å². The average molecular weight is 472 g/mol. The molecule has 5 aromatic rings. The first-order valence-electron chi connectivity index (χ1n) is 11.7. The Morgan fingerprint density at radius 2 is 1.28 bits per heavy atom. The maximum Gasteiger partial charge on any atom is 0.337 e. The van der Waals surface area contributed by atoms with Gasteiger partial charge >= 0.3 is 5.97 Å². The van der Waals surface area contributed by atoms with Crippen LogP contribution in [0.4, 0.5) is 0 Å². The third-order valence-electron chi connectivity index (χ3n) is 5.97. The summed E-state index contributed by atoms with van der Waals surface area (Å²) in [5.41, 5.74) is 7.45. The van der Waals surface area contributed by atoms with E-state index in [1.54, 1.807) is 12.1 Å². The van der Waals surface area contributed by atoms with E-state index in [1.165, 1.54) is 18.2 Å². The highest BCUT2D eigenvalue weighted by atomic mass is 16.5. The molecule has 0 aliphatic carbocycles. The largest absolute Gasteiger partial charge is 0.488 e. The van der Waals surface area contributed by atoms with Crippen LogP contribution in [0, 0.1) is 0 Å². The molecule has 5 rings (SSSR count). The van der Waals surface area contributed by atoms with Gasteiger partial charge in [-0.1, -0.05) is 84.9 Å². The number of nitrogens with zero attached hydrogens (tertiary/aromatic N) is 1. The van der Waals surface area contributed by atoms with Crippen LogP contribution in [0.2, 0.25) is 0 Å². The number of carbonyl (C=O) groups is 1. The van der Waals surface area contributed by atoms with Gasteiger partial charge in [-0.15, -0.1) is 0 Å². The molecule has 0 bridgehead atoms. The van der Waals surface area contributed by atoms with Crippen molar-refractivity contribution < 1.29 is 14.3 Å². The third-order valence-corrected chi connectivity index (χ3v) is 5.97. The second-order valence-electron chi connectivity index (χ2n) is 8.32. The topological polar surface area (TPSA) is 48.4 Å². The van der Waals surface area contributed by atoms with E-state index in [1.807, 2.05) is 72.8 Å². The number of benzene rings is 4. The van der Waals surface area contributed by atoms with Crippen LogP contribution in [0.3, 0.4) is 0 Å². The van der Waals surface area contributed by atoms with Gasteiger partial charge in [-0.2, -0.15) is 0 Å². The molecule has 4 heteroatoms. The van der Waals surface area contributed by atoms with E-state index in [0.717, 1.165) is 33.8 Å². The Morgan fingerprint density at radius 3 is 2.03 bits per heavy atom. The fraction of sp³-hybridized carbons (Fsp3) is 0.0625. The van der Waals surface area contributed by atoms with Crippen LogP contribution in [-0.4, -0.2) is 18.1 Å². The number of para-hydroxylation sites is 1. The molecule has 0 spiro atoms. The smallest absolute Gasteiger partial charge is 0.337 e. The molecule has 1 aromatic heterocycles. The molecule has 4 nitrogen and oxygen atoms in total. The normalized spacial score (nSPS) is 10.6. The quantitative estimate of drug-likeness (QED) is 0.231. The van der Waals surface area contributed by atoms with E-state index in [4.69, 9.17) is 14.5 Å². The Labute approximate surface area is 210 Å². The van der Waals surface area contributed by atoms with Gasteiger partial charge in [0.15, 0.2) is 0 Å². The Morgan fingerprint density at radius 1 is 0.639 bits per heavy atom. The molecular weight excluding hydrogens is 446 g/mol. The molecule has 36 heavy (non-hydrogen) atoms. The van der Waals surface area contributed by atoms with Gasteiger partial charge in [-0.3, -0.25) is 0 Å². The summed E-state index contributed by atoms with van der Waals surface area (Å²) in [5.74, 6) is 0.416. The Hall–Kier alpha value is -4.70. The zero-order valence-electron chi connectivity index (χ0n) is 19.9. The number of esters is 1. The molecule has 0 aliphatic heterocycles. The molecule has 1 heterocycles. The van der Waals surface area contributed by atoms with Crippen LogP contribution >= 0.6 is 0 Å². The van der Waals surface area contributed by atoms with Crippen LogP contribution in [0.25, 0.3) is 33.6 Å². The molecule has 0 saturated heterocycles. The Balaban J connectivity index is 1.34. The van der Waals surface area contributed by atoms with E-state index >= 15 is 0 Å². The molecule has 0 radical (unpaired) electrons. The Bertz CT molecular complexity index is 1460. The predicted molar refractivity (Wildman–Crippen MR) is 143 cm³/mol. The van der Waals surface area contributed by atoms with Gasteiger partial charge in [0, 0.05) is 11.1 Å². The minimum atomic E-state index is -0.357. The van der Waals surface area contributed by atoms with Crippen molar-refractivity contribution in [2.45, 2.75) is 6.61 Å². The van der Waals surface area contributed by atoms with Gasteiger partial charge in [0.25, 0.3) is 0 Å². The summed E-state index contributed by atoms with van der Waals surface area (Å²) < 4.78 is 11.0. The molecular formula is C32H25NO3. The van der Waals surface area contributed by atoms with E-state index in [-0.39, 0.29) is 5.97 Å². The number of hydrogen-bond acceptors (Lipinski definition) is 4. The maximum atomic E-state index is 11.7. The van der Waals surface area contributed by atoms with E-state index in [2.05, 4.69) is 36.4 Å². The van der Waals surface area contributed by atoms with Crippen molar-refractivity contribution in [3.63, 3.8) is 0 Å². The number of rotatable bonds is 7. The monoisotopic (exact) mass is 471 g/mol. The number of methoxy groups -OCH3 is 1. The second-order valence-corrected chi connectivity index (χ2v) is 8.32. The summed E-state index contributed by atoms with van der Waals surface area (Å²) in [6, 6.07) is 39.8. The molecule has 0 aliphatic rings. The van der Waals surface area contributed by atoms with Crippen molar-refractivity contribution in [3.8, 4) is 39.4 Å². The van der Waals surface area contributed by atoms with Crippen molar-refractivity contribution in [2.24, 2.45) is 0 Å². The first-order chi connectivity index (χ1) is 17.7. The lowest BCUT2D eigenvalue weighted by Gasteiger charge is -2.13. The first kappa shape index (κ1) is 23.1. The second kappa shape index (κ2) is 10.7. The van der Waals surface area contributed by atoms with Crippen LogP contribution in [0.1, 0.15) is 15.9 Å². The fourth-order valence-electron chi connectivity index (χ4n) is 4.03. The molecule has 176 valence electrons. The number of ether oxygens (including phenoxy) is 2. The number of carbonyl (C=O) groups excluding carboxylic acids is 1. The number of pyridine rings is 1. The van der Waals surface area contributed by atoms with Crippen LogP contribution in [0.5, 0.6) is 5.75 Å². The van der Waals surface area contributed by atoms with Gasteiger partial charge in [0.05, 0.1) is 24.1 Å². The standard InChI is InChI=1S/C32H25NO3/c1-35-32(34)27-20-18-26(19-21-27)29-11-7-12-30(33-29)28-10-5-6-13-31(28)36-22-23-14-16-25(17-15-23)24-8-3-2-4-9-24/h2-21H,22H2,1H3. The first-order valence-corrected chi connectivity index (χ1v) is 11.7.